The highest BCUT2D eigenvalue weighted by Crippen LogP contribution is 2.21. The maximum atomic E-state index is 12.0. The predicted molar refractivity (Wildman–Crippen MR) is 99.3 cm³/mol. The van der Waals surface area contributed by atoms with Crippen LogP contribution in [-0.2, 0) is 4.74 Å². The van der Waals surface area contributed by atoms with Crippen LogP contribution in [0.15, 0.2) is 48.5 Å². The van der Waals surface area contributed by atoms with Crippen molar-refractivity contribution in [3.05, 3.63) is 59.1 Å². The Bertz CT molecular complexity index is 657. The van der Waals surface area contributed by atoms with Crippen molar-refractivity contribution in [2.75, 3.05) is 30.3 Å². The topological polar surface area (TPSA) is 62.4 Å². The van der Waals surface area contributed by atoms with E-state index in [9.17, 15) is 4.79 Å². The second-order valence-corrected chi connectivity index (χ2v) is 5.71. The molecule has 1 unspecified atom stereocenters. The lowest BCUT2D eigenvalue weighted by Gasteiger charge is -2.24. The summed E-state index contributed by atoms with van der Waals surface area (Å²) in [5.41, 5.74) is 2.51. The first-order chi connectivity index (χ1) is 11.2. The predicted octanol–water partition coefficient (Wildman–Crippen LogP) is 4.07. The minimum Gasteiger partial charge on any atom is -0.371 e. The van der Waals surface area contributed by atoms with Crippen LogP contribution in [-0.4, -0.2) is 25.7 Å². The molecule has 0 saturated carbocycles. The highest BCUT2D eigenvalue weighted by Gasteiger charge is 2.15. The molecule has 0 bridgehead atoms. The average molecular weight is 368 g/mol. The number of halogens is 2. The van der Waals surface area contributed by atoms with Crippen LogP contribution >= 0.6 is 24.0 Å². The molecular formula is C17H19Cl2N3O2. The van der Waals surface area contributed by atoms with Crippen molar-refractivity contribution < 1.29 is 9.53 Å². The molecule has 2 aromatic carbocycles. The van der Waals surface area contributed by atoms with E-state index in [4.69, 9.17) is 16.3 Å². The van der Waals surface area contributed by atoms with Gasteiger partial charge in [-0.25, -0.2) is 4.79 Å². The summed E-state index contributed by atoms with van der Waals surface area (Å²) in [5, 5.41) is 9.48. The number of carbonyl (C=O) groups is 1. The van der Waals surface area contributed by atoms with Crippen LogP contribution in [0.3, 0.4) is 0 Å². The summed E-state index contributed by atoms with van der Waals surface area (Å²) >= 11 is 5.81. The third-order valence-electron chi connectivity index (χ3n) is 3.57. The van der Waals surface area contributed by atoms with E-state index in [1.807, 2.05) is 24.3 Å². The smallest absolute Gasteiger partial charge is 0.323 e. The second kappa shape index (κ2) is 8.89. The first kappa shape index (κ1) is 18.5. The van der Waals surface area contributed by atoms with Gasteiger partial charge in [-0.2, -0.15) is 0 Å². The van der Waals surface area contributed by atoms with Gasteiger partial charge in [0.15, 0.2) is 0 Å². The second-order valence-electron chi connectivity index (χ2n) is 5.27. The Labute approximate surface area is 152 Å². The number of ether oxygens (including phenoxy) is 1. The minimum absolute atomic E-state index is 0. The molecule has 1 saturated heterocycles. The Morgan fingerprint density at radius 1 is 1.04 bits per heavy atom. The van der Waals surface area contributed by atoms with Crippen LogP contribution in [0.4, 0.5) is 16.2 Å². The van der Waals surface area contributed by atoms with Crippen LogP contribution in [0.5, 0.6) is 0 Å². The van der Waals surface area contributed by atoms with E-state index >= 15 is 0 Å². The molecule has 2 amide bonds. The molecule has 1 fully saturated rings. The van der Waals surface area contributed by atoms with E-state index in [0.29, 0.717) is 17.3 Å². The lowest BCUT2D eigenvalue weighted by molar-refractivity contribution is 0.0277. The number of hydrogen-bond donors (Lipinski definition) is 3. The number of anilines is 2. The van der Waals surface area contributed by atoms with Gasteiger partial charge in [-0.05, 0) is 42.0 Å². The normalized spacial score (nSPS) is 16.8. The van der Waals surface area contributed by atoms with Crippen LogP contribution < -0.4 is 16.0 Å². The molecule has 128 valence electrons. The maximum absolute atomic E-state index is 12.0. The molecule has 1 aliphatic rings. The van der Waals surface area contributed by atoms with Gasteiger partial charge in [-0.1, -0.05) is 23.7 Å². The van der Waals surface area contributed by atoms with Crippen LogP contribution in [0.2, 0.25) is 5.02 Å². The third-order valence-corrected chi connectivity index (χ3v) is 3.82. The van der Waals surface area contributed by atoms with Gasteiger partial charge in [-0.3, -0.25) is 0 Å². The molecule has 1 heterocycles. The third kappa shape index (κ3) is 5.11. The average Bonchev–Trinajstić information content (AvgIpc) is 2.58. The van der Waals surface area contributed by atoms with Gasteiger partial charge in [0.25, 0.3) is 0 Å². The molecule has 1 aliphatic heterocycles. The van der Waals surface area contributed by atoms with Crippen molar-refractivity contribution in [1.82, 2.24) is 5.32 Å². The number of urea groups is 1. The molecule has 7 heteroatoms. The molecule has 0 aromatic heterocycles. The summed E-state index contributed by atoms with van der Waals surface area (Å²) in [5.74, 6) is 0. The summed E-state index contributed by atoms with van der Waals surface area (Å²) in [4.78, 5) is 12.0. The lowest BCUT2D eigenvalue weighted by Crippen LogP contribution is -2.33. The van der Waals surface area contributed by atoms with Crippen molar-refractivity contribution in [2.45, 2.75) is 6.10 Å². The molecule has 0 aliphatic carbocycles. The van der Waals surface area contributed by atoms with Gasteiger partial charge in [0.1, 0.15) is 0 Å². The Hall–Kier alpha value is -1.79. The van der Waals surface area contributed by atoms with E-state index in [1.54, 1.807) is 24.3 Å². The molecule has 3 N–H and O–H groups in total. The fourth-order valence-corrected chi connectivity index (χ4v) is 2.51. The largest absolute Gasteiger partial charge is 0.371 e. The molecule has 0 spiro atoms. The van der Waals surface area contributed by atoms with Crippen molar-refractivity contribution in [1.29, 1.82) is 0 Å². The monoisotopic (exact) mass is 367 g/mol. The van der Waals surface area contributed by atoms with Crippen molar-refractivity contribution >= 4 is 41.4 Å². The summed E-state index contributed by atoms with van der Waals surface area (Å²) in [7, 11) is 0. The number of nitrogens with one attached hydrogen (secondary N) is 3. The quantitative estimate of drug-likeness (QED) is 0.766. The van der Waals surface area contributed by atoms with E-state index in [0.717, 1.165) is 24.3 Å². The van der Waals surface area contributed by atoms with Gasteiger partial charge < -0.3 is 20.7 Å². The molecule has 1 atom stereocenters. The number of morpholine rings is 1. The number of benzene rings is 2. The highest BCUT2D eigenvalue weighted by molar-refractivity contribution is 6.30. The maximum Gasteiger partial charge on any atom is 0.323 e. The zero-order chi connectivity index (χ0) is 16.1. The summed E-state index contributed by atoms with van der Waals surface area (Å²) in [6, 6.07) is 14.3. The van der Waals surface area contributed by atoms with Crippen molar-refractivity contribution in [3.63, 3.8) is 0 Å². The Balaban J connectivity index is 0.00000208. The zero-order valence-corrected chi connectivity index (χ0v) is 14.5. The van der Waals surface area contributed by atoms with Crippen molar-refractivity contribution in [3.8, 4) is 0 Å². The summed E-state index contributed by atoms with van der Waals surface area (Å²) in [6.07, 6.45) is 0.0701. The van der Waals surface area contributed by atoms with E-state index in [1.165, 1.54) is 0 Å². The molecule has 3 rings (SSSR count). The molecular weight excluding hydrogens is 349 g/mol. The van der Waals surface area contributed by atoms with Gasteiger partial charge in [-0.15, -0.1) is 12.4 Å². The fraction of sp³-hybridized carbons (Fsp3) is 0.235. The van der Waals surface area contributed by atoms with E-state index in [-0.39, 0.29) is 24.5 Å². The highest BCUT2D eigenvalue weighted by atomic mass is 35.5. The minimum atomic E-state index is -0.296. The lowest BCUT2D eigenvalue weighted by atomic mass is 10.1. The first-order valence-electron chi connectivity index (χ1n) is 7.46. The number of carbonyl (C=O) groups excluding carboxylic acids is 1. The van der Waals surface area contributed by atoms with Gasteiger partial charge >= 0.3 is 6.03 Å². The summed E-state index contributed by atoms with van der Waals surface area (Å²) < 4.78 is 5.70. The summed E-state index contributed by atoms with van der Waals surface area (Å²) in [6.45, 7) is 2.42. The van der Waals surface area contributed by atoms with Crippen LogP contribution in [0.25, 0.3) is 0 Å². The molecule has 0 radical (unpaired) electrons. The Morgan fingerprint density at radius 3 is 2.17 bits per heavy atom. The number of amides is 2. The molecule has 2 aromatic rings. The fourth-order valence-electron chi connectivity index (χ4n) is 2.39. The van der Waals surface area contributed by atoms with Gasteiger partial charge in [0.05, 0.1) is 12.7 Å². The molecule has 5 nitrogen and oxygen atoms in total. The number of hydrogen-bond acceptors (Lipinski definition) is 3. The molecule has 24 heavy (non-hydrogen) atoms. The van der Waals surface area contributed by atoms with Gasteiger partial charge in [0, 0.05) is 29.5 Å². The van der Waals surface area contributed by atoms with Gasteiger partial charge in [0.2, 0.25) is 0 Å². The standard InChI is InChI=1S/C17H18ClN3O2.ClH/c18-13-3-7-15(8-4-13)21-17(22)20-14-5-1-12(2-6-14)16-11-19-9-10-23-16;/h1-8,16,19H,9-11H2,(H2,20,21,22);1H. The van der Waals surface area contributed by atoms with Crippen LogP contribution in [0, 0.1) is 0 Å². The van der Waals surface area contributed by atoms with Crippen LogP contribution in [0.1, 0.15) is 11.7 Å². The Kier molecular flexibility index (Phi) is 6.87. The number of rotatable bonds is 3. The van der Waals surface area contributed by atoms with E-state index in [2.05, 4.69) is 16.0 Å². The first-order valence-corrected chi connectivity index (χ1v) is 7.84. The Morgan fingerprint density at radius 2 is 1.62 bits per heavy atom. The van der Waals surface area contributed by atoms with Crippen molar-refractivity contribution in [2.24, 2.45) is 0 Å². The zero-order valence-electron chi connectivity index (χ0n) is 12.9. The van der Waals surface area contributed by atoms with E-state index < -0.39 is 0 Å². The SMILES string of the molecule is Cl.O=C(Nc1ccc(Cl)cc1)Nc1ccc(C2CNCCO2)cc1.